The molecule has 0 spiro atoms. The fourth-order valence-electron chi connectivity index (χ4n) is 1.00. The summed E-state index contributed by atoms with van der Waals surface area (Å²) in [6.07, 6.45) is 3.62. The SMILES string of the molecule is CCCCCOc1[c-]cccc1.[Zn+][Br]. The van der Waals surface area contributed by atoms with Crippen molar-refractivity contribution in [1.29, 1.82) is 0 Å². The van der Waals surface area contributed by atoms with Crippen LogP contribution in [0, 0.1) is 6.07 Å². The summed E-state index contributed by atoms with van der Waals surface area (Å²) in [4.78, 5) is 0. The number of hydrogen-bond acceptors (Lipinski definition) is 1. The summed E-state index contributed by atoms with van der Waals surface area (Å²) in [6.45, 7) is 3.00. The number of para-hydroxylation sites is 1. The van der Waals surface area contributed by atoms with E-state index in [9.17, 15) is 0 Å². The molecule has 0 saturated carbocycles. The van der Waals surface area contributed by atoms with E-state index >= 15 is 0 Å². The number of ether oxygens (including phenoxy) is 1. The van der Waals surface area contributed by atoms with Gasteiger partial charge in [0.1, 0.15) is 0 Å². The molecule has 0 saturated heterocycles. The molecule has 1 rings (SSSR count). The predicted octanol–water partition coefficient (Wildman–Crippen LogP) is 3.90. The summed E-state index contributed by atoms with van der Waals surface area (Å²) in [5, 5.41) is 0. The van der Waals surface area contributed by atoms with Crippen molar-refractivity contribution in [3.05, 3.63) is 30.3 Å². The Bertz CT molecular complexity index is 204. The van der Waals surface area contributed by atoms with Gasteiger partial charge in [-0.3, -0.25) is 0 Å². The Kier molecular flexibility index (Phi) is 11.3. The first-order chi connectivity index (χ1) is 6.93. The fraction of sp³-hybridized carbons (Fsp3) is 0.455. The summed E-state index contributed by atoms with van der Waals surface area (Å²) in [5.74, 6) is 0.855. The van der Waals surface area contributed by atoms with Crippen LogP contribution in [0.2, 0.25) is 0 Å². The summed E-state index contributed by atoms with van der Waals surface area (Å²) < 4.78 is 5.45. The molecule has 0 aliphatic rings. The average molecular weight is 309 g/mol. The van der Waals surface area contributed by atoms with Crippen LogP contribution in [0.1, 0.15) is 26.2 Å². The molecule has 0 radical (unpaired) electrons. The number of halogens is 1. The van der Waals surface area contributed by atoms with Gasteiger partial charge in [0, 0.05) is 5.75 Å². The average Bonchev–Trinajstić information content (AvgIpc) is 2.29. The van der Waals surface area contributed by atoms with Crippen LogP contribution in [0.5, 0.6) is 5.75 Å². The molecule has 0 aliphatic carbocycles. The minimum atomic E-state index is 0.814. The van der Waals surface area contributed by atoms with Crippen LogP contribution in [0.4, 0.5) is 0 Å². The molecule has 74 valence electrons. The summed E-state index contributed by atoms with van der Waals surface area (Å²) in [5.41, 5.74) is 0. The van der Waals surface area contributed by atoms with E-state index < -0.39 is 0 Å². The molecule has 1 nitrogen and oxygen atoms in total. The van der Waals surface area contributed by atoms with Crippen molar-refractivity contribution in [2.75, 3.05) is 6.61 Å². The zero-order valence-electron chi connectivity index (χ0n) is 8.63. The minimum absolute atomic E-state index is 0.814. The second-order valence-electron chi connectivity index (χ2n) is 2.78. The molecule has 0 heterocycles. The van der Waals surface area contributed by atoms with Gasteiger partial charge in [0.15, 0.2) is 0 Å². The fourth-order valence-corrected chi connectivity index (χ4v) is 1.00. The Morgan fingerprint density at radius 2 is 2.14 bits per heavy atom. The third-order valence-electron chi connectivity index (χ3n) is 1.69. The van der Waals surface area contributed by atoms with E-state index in [-0.39, 0.29) is 0 Å². The quantitative estimate of drug-likeness (QED) is 0.455. The molecule has 1 aromatic carbocycles. The van der Waals surface area contributed by atoms with Crippen molar-refractivity contribution in [2.45, 2.75) is 26.2 Å². The van der Waals surface area contributed by atoms with Gasteiger partial charge >= 0.3 is 30.0 Å². The summed E-state index contributed by atoms with van der Waals surface area (Å²) in [7, 11) is 0. The van der Waals surface area contributed by atoms with E-state index in [1.54, 1.807) is 0 Å². The first-order valence-corrected chi connectivity index (χ1v) is 11.7. The molecule has 0 bridgehead atoms. The van der Waals surface area contributed by atoms with Crippen LogP contribution in [-0.4, -0.2) is 6.61 Å². The second-order valence-corrected chi connectivity index (χ2v) is 2.78. The van der Waals surface area contributed by atoms with Gasteiger partial charge in [-0.25, -0.2) is 0 Å². The van der Waals surface area contributed by atoms with Gasteiger partial charge in [0.2, 0.25) is 0 Å². The molecule has 0 N–H and O–H groups in total. The molecular weight excluding hydrogens is 293 g/mol. The number of benzene rings is 1. The number of unbranched alkanes of at least 4 members (excludes halogenated alkanes) is 2. The van der Waals surface area contributed by atoms with E-state index in [0.29, 0.717) is 0 Å². The van der Waals surface area contributed by atoms with Gasteiger partial charge in [0.25, 0.3) is 0 Å². The molecule has 0 atom stereocenters. The van der Waals surface area contributed by atoms with Crippen LogP contribution < -0.4 is 4.74 Å². The predicted molar refractivity (Wildman–Crippen MR) is 59.2 cm³/mol. The monoisotopic (exact) mass is 306 g/mol. The maximum absolute atomic E-state index is 5.45. The zero-order valence-corrected chi connectivity index (χ0v) is 13.2. The molecule has 0 aromatic heterocycles. The van der Waals surface area contributed by atoms with Crippen LogP contribution in [0.3, 0.4) is 0 Å². The van der Waals surface area contributed by atoms with E-state index in [1.807, 2.05) is 24.3 Å². The van der Waals surface area contributed by atoms with Crippen LogP contribution in [0.25, 0.3) is 0 Å². The van der Waals surface area contributed by atoms with Crippen LogP contribution in [0.15, 0.2) is 24.3 Å². The molecule has 0 fully saturated rings. The van der Waals surface area contributed by atoms with E-state index in [1.165, 1.54) is 29.2 Å². The Morgan fingerprint density at radius 3 is 2.71 bits per heavy atom. The van der Waals surface area contributed by atoms with Crippen LogP contribution in [-0.2, 0) is 16.3 Å². The second kappa shape index (κ2) is 11.2. The normalized spacial score (nSPS) is 8.86. The maximum atomic E-state index is 5.45. The first kappa shape index (κ1) is 14.1. The van der Waals surface area contributed by atoms with Gasteiger partial charge in [-0.05, 0) is 6.42 Å². The van der Waals surface area contributed by atoms with Crippen LogP contribution >= 0.6 is 13.6 Å². The summed E-state index contributed by atoms with van der Waals surface area (Å²) in [6, 6.07) is 10.7. The topological polar surface area (TPSA) is 9.23 Å². The number of hydrogen-bond donors (Lipinski definition) is 0. The molecule has 0 amide bonds. The Balaban J connectivity index is 0.000000791. The van der Waals surface area contributed by atoms with Crippen molar-refractivity contribution in [2.24, 2.45) is 0 Å². The van der Waals surface area contributed by atoms with Gasteiger partial charge in [-0.15, -0.1) is 12.1 Å². The molecule has 1 aromatic rings. The van der Waals surface area contributed by atoms with Gasteiger partial charge in [-0.1, -0.05) is 19.8 Å². The Labute approximate surface area is 103 Å². The standard InChI is InChI=1S/C11H15O.BrH.Zn/c1-2-3-7-10-12-11-8-5-4-6-9-11;;/h4-6,8H,2-3,7,10H2,1H3;1H;/q-1;;+2/p-1. The molecule has 0 unspecified atom stereocenters. The van der Waals surface area contributed by atoms with Gasteiger partial charge in [-0.2, -0.15) is 18.2 Å². The van der Waals surface area contributed by atoms with E-state index in [2.05, 4.69) is 26.6 Å². The van der Waals surface area contributed by atoms with Gasteiger partial charge in [0.05, 0.1) is 6.61 Å². The van der Waals surface area contributed by atoms with Crippen molar-refractivity contribution >= 4 is 13.6 Å². The summed E-state index contributed by atoms with van der Waals surface area (Å²) >= 11 is 4.25. The molecule has 0 aliphatic heterocycles. The van der Waals surface area contributed by atoms with E-state index in [4.69, 9.17) is 4.74 Å². The molecular formula is C11H15BrOZn. The first-order valence-electron chi connectivity index (χ1n) is 4.79. The van der Waals surface area contributed by atoms with Gasteiger partial charge < -0.3 is 4.74 Å². The third kappa shape index (κ3) is 7.52. The Hall–Kier alpha value is 0.123. The van der Waals surface area contributed by atoms with Crippen molar-refractivity contribution in [3.8, 4) is 5.75 Å². The number of rotatable bonds is 5. The Morgan fingerprint density at radius 1 is 1.36 bits per heavy atom. The van der Waals surface area contributed by atoms with Crippen molar-refractivity contribution < 1.29 is 21.1 Å². The zero-order chi connectivity index (χ0) is 10.6. The molecule has 3 heteroatoms. The third-order valence-corrected chi connectivity index (χ3v) is 1.69. The van der Waals surface area contributed by atoms with E-state index in [0.717, 1.165) is 18.8 Å². The van der Waals surface area contributed by atoms with Crippen molar-refractivity contribution in [3.63, 3.8) is 0 Å². The molecule has 14 heavy (non-hydrogen) atoms. The van der Waals surface area contributed by atoms with Crippen molar-refractivity contribution in [1.82, 2.24) is 0 Å².